The van der Waals surface area contributed by atoms with Crippen LogP contribution in [0.1, 0.15) is 32.3 Å². The average molecular weight is 393 g/mol. The van der Waals surface area contributed by atoms with Gasteiger partial charge >= 0.3 is 0 Å². The maximum atomic E-state index is 12.7. The summed E-state index contributed by atoms with van der Waals surface area (Å²) in [5.41, 5.74) is 1.25. The van der Waals surface area contributed by atoms with E-state index in [9.17, 15) is 4.79 Å². The maximum Gasteiger partial charge on any atom is 0.240 e. The molecule has 0 spiro atoms. The Morgan fingerprint density at radius 2 is 2.04 bits per heavy atom. The normalized spacial score (nSPS) is 30.9. The van der Waals surface area contributed by atoms with Gasteiger partial charge in [-0.25, -0.2) is 0 Å². The lowest BCUT2D eigenvalue weighted by Crippen LogP contribution is -2.71. The van der Waals surface area contributed by atoms with E-state index in [1.165, 1.54) is 12.0 Å². The van der Waals surface area contributed by atoms with Gasteiger partial charge in [-0.1, -0.05) is 0 Å². The molecule has 1 aromatic heterocycles. The molecule has 5 rings (SSSR count). The highest BCUT2D eigenvalue weighted by atomic mass is 79.9. The zero-order chi connectivity index (χ0) is 16.8. The number of piperazine rings is 1. The second-order valence-electron chi connectivity index (χ2n) is 7.63. The van der Waals surface area contributed by atoms with Gasteiger partial charge < -0.3 is 4.90 Å². The van der Waals surface area contributed by atoms with Crippen LogP contribution in [0.25, 0.3) is 0 Å². The van der Waals surface area contributed by atoms with Crippen molar-refractivity contribution in [1.82, 2.24) is 19.7 Å². The van der Waals surface area contributed by atoms with E-state index in [1.807, 2.05) is 17.3 Å². The Balaban J connectivity index is 1.38. The largest absolute Gasteiger partial charge is 0.339 e. The first-order chi connectivity index (χ1) is 11.5. The number of halogens is 1. The summed E-state index contributed by atoms with van der Waals surface area (Å²) in [5.74, 6) is 0.351. The predicted octanol–water partition coefficient (Wildman–Crippen LogP) is 2.11. The van der Waals surface area contributed by atoms with Crippen LogP contribution in [-0.4, -0.2) is 69.4 Å². The number of likely N-dealkylation sites (tertiary alicyclic amines) is 1. The zero-order valence-corrected chi connectivity index (χ0v) is 15.9. The third-order valence-corrected chi connectivity index (χ3v) is 6.12. The lowest BCUT2D eigenvalue weighted by atomic mass is 9.85. The molecule has 4 aliphatic rings. The number of fused-ring (bicyclic) bond motifs is 2. The molecule has 2 bridgehead atoms. The van der Waals surface area contributed by atoms with Crippen molar-refractivity contribution in [2.45, 2.75) is 57.4 Å². The van der Waals surface area contributed by atoms with E-state index < -0.39 is 0 Å². The van der Waals surface area contributed by atoms with Gasteiger partial charge in [0, 0.05) is 61.2 Å². The maximum absolute atomic E-state index is 12.7. The number of hydrogen-bond donors (Lipinski definition) is 0. The summed E-state index contributed by atoms with van der Waals surface area (Å²) >= 11 is 3.49. The van der Waals surface area contributed by atoms with Crippen molar-refractivity contribution < 1.29 is 4.79 Å². The van der Waals surface area contributed by atoms with Gasteiger partial charge in [-0.15, -0.1) is 0 Å². The van der Waals surface area contributed by atoms with E-state index in [1.54, 1.807) is 0 Å². The molecule has 130 valence electrons. The molecule has 1 aromatic rings. The van der Waals surface area contributed by atoms with Crippen LogP contribution >= 0.6 is 15.9 Å². The van der Waals surface area contributed by atoms with Gasteiger partial charge in [-0.3, -0.25) is 19.6 Å². The summed E-state index contributed by atoms with van der Waals surface area (Å²) in [4.78, 5) is 24.0. The molecule has 4 fully saturated rings. The molecule has 5 nitrogen and oxygen atoms in total. The third kappa shape index (κ3) is 2.89. The molecule has 0 N–H and O–H groups in total. The number of aromatic nitrogens is 1. The van der Waals surface area contributed by atoms with Crippen LogP contribution in [0.15, 0.2) is 22.9 Å². The Bertz CT molecular complexity index is 625. The number of rotatable bonds is 4. The summed E-state index contributed by atoms with van der Waals surface area (Å²) in [7, 11) is 0. The molecular formula is C18H25BrN4O. The summed E-state index contributed by atoms with van der Waals surface area (Å²) in [6, 6.07) is 3.69. The van der Waals surface area contributed by atoms with E-state index in [2.05, 4.69) is 50.6 Å². The van der Waals surface area contributed by atoms with E-state index in [0.29, 0.717) is 24.0 Å². The van der Waals surface area contributed by atoms with E-state index in [0.717, 1.165) is 37.1 Å². The van der Waals surface area contributed by atoms with Crippen LogP contribution in [-0.2, 0) is 11.3 Å². The van der Waals surface area contributed by atoms with E-state index in [-0.39, 0.29) is 6.04 Å². The standard InChI is InChI=1S/C18H25BrN4O/c1-12(2)22-4-3-17(18(22)24)23-15-6-16(23)11-21(10-15)9-13-5-14(19)8-20-7-13/h5,7-8,12,15-17H,3-4,6,9-11H2,1-2H3. The number of piperidine rings is 1. The predicted molar refractivity (Wildman–Crippen MR) is 96.5 cm³/mol. The Kier molecular flexibility index (Phi) is 4.39. The van der Waals surface area contributed by atoms with Crippen LogP contribution in [0.4, 0.5) is 0 Å². The first-order valence-corrected chi connectivity index (χ1v) is 9.72. The number of nitrogens with zero attached hydrogens (tertiary/aromatic N) is 4. The van der Waals surface area contributed by atoms with Gasteiger partial charge in [0.25, 0.3) is 0 Å². The van der Waals surface area contributed by atoms with Crippen molar-refractivity contribution in [3.63, 3.8) is 0 Å². The highest BCUT2D eigenvalue weighted by Gasteiger charge is 2.51. The van der Waals surface area contributed by atoms with Crippen LogP contribution in [0.2, 0.25) is 0 Å². The highest BCUT2D eigenvalue weighted by molar-refractivity contribution is 9.10. The summed E-state index contributed by atoms with van der Waals surface area (Å²) < 4.78 is 1.04. The number of carbonyl (C=O) groups is 1. The second kappa shape index (κ2) is 6.39. The Hall–Kier alpha value is -0.980. The van der Waals surface area contributed by atoms with Crippen molar-refractivity contribution in [3.8, 4) is 0 Å². The average Bonchev–Trinajstić information content (AvgIpc) is 2.89. The molecule has 3 atom stereocenters. The molecule has 24 heavy (non-hydrogen) atoms. The van der Waals surface area contributed by atoms with Gasteiger partial charge in [0.05, 0.1) is 6.04 Å². The fraction of sp³-hybridized carbons (Fsp3) is 0.667. The molecule has 0 aromatic carbocycles. The van der Waals surface area contributed by atoms with Crippen molar-refractivity contribution in [2.75, 3.05) is 19.6 Å². The second-order valence-corrected chi connectivity index (χ2v) is 8.54. The number of carbonyl (C=O) groups excluding carboxylic acids is 1. The van der Waals surface area contributed by atoms with Gasteiger partial charge in [-0.2, -0.15) is 0 Å². The van der Waals surface area contributed by atoms with Crippen molar-refractivity contribution in [2.24, 2.45) is 0 Å². The first-order valence-electron chi connectivity index (χ1n) is 8.92. The first kappa shape index (κ1) is 16.5. The SMILES string of the molecule is CC(C)N1CCC(N2C3CC2CN(Cc2cncc(Br)c2)C3)C1=O. The number of pyridine rings is 1. The van der Waals surface area contributed by atoms with Crippen LogP contribution in [0, 0.1) is 0 Å². The van der Waals surface area contributed by atoms with Crippen LogP contribution < -0.4 is 0 Å². The number of amides is 1. The molecule has 5 heterocycles. The molecule has 3 unspecified atom stereocenters. The molecule has 0 aliphatic carbocycles. The van der Waals surface area contributed by atoms with Gasteiger partial charge in [-0.05, 0) is 54.2 Å². The van der Waals surface area contributed by atoms with Crippen molar-refractivity contribution in [3.05, 3.63) is 28.5 Å². The summed E-state index contributed by atoms with van der Waals surface area (Å²) in [6.07, 6.45) is 6.02. The van der Waals surface area contributed by atoms with Crippen LogP contribution in [0.3, 0.4) is 0 Å². The van der Waals surface area contributed by atoms with Crippen molar-refractivity contribution >= 4 is 21.8 Å². The third-order valence-electron chi connectivity index (χ3n) is 5.69. The Labute approximate surface area is 152 Å². The zero-order valence-electron chi connectivity index (χ0n) is 14.4. The quantitative estimate of drug-likeness (QED) is 0.786. The van der Waals surface area contributed by atoms with Crippen LogP contribution in [0.5, 0.6) is 0 Å². The minimum absolute atomic E-state index is 0.130. The smallest absolute Gasteiger partial charge is 0.240 e. The van der Waals surface area contributed by atoms with Crippen molar-refractivity contribution in [1.29, 1.82) is 0 Å². The minimum atomic E-state index is 0.130. The molecule has 1 amide bonds. The monoisotopic (exact) mass is 392 g/mol. The van der Waals surface area contributed by atoms with E-state index >= 15 is 0 Å². The molecule has 4 aliphatic heterocycles. The molecular weight excluding hydrogens is 368 g/mol. The lowest BCUT2D eigenvalue weighted by molar-refractivity contribution is -0.146. The minimum Gasteiger partial charge on any atom is -0.339 e. The van der Waals surface area contributed by atoms with E-state index in [4.69, 9.17) is 0 Å². The van der Waals surface area contributed by atoms with Gasteiger partial charge in [0.1, 0.15) is 0 Å². The fourth-order valence-electron chi connectivity index (χ4n) is 4.64. The number of hydrogen-bond acceptors (Lipinski definition) is 4. The topological polar surface area (TPSA) is 39.7 Å². The molecule has 0 radical (unpaired) electrons. The molecule has 6 heteroatoms. The van der Waals surface area contributed by atoms with Gasteiger partial charge in [0.2, 0.25) is 5.91 Å². The Morgan fingerprint density at radius 3 is 2.67 bits per heavy atom. The Morgan fingerprint density at radius 1 is 1.29 bits per heavy atom. The fourth-order valence-corrected chi connectivity index (χ4v) is 5.05. The van der Waals surface area contributed by atoms with Gasteiger partial charge in [0.15, 0.2) is 0 Å². The summed E-state index contributed by atoms with van der Waals surface area (Å²) in [6.45, 7) is 8.23. The summed E-state index contributed by atoms with van der Waals surface area (Å²) in [5, 5.41) is 0. The lowest BCUT2D eigenvalue weighted by Gasteiger charge is -2.58. The highest BCUT2D eigenvalue weighted by Crippen LogP contribution is 2.38. The molecule has 0 saturated carbocycles. The molecule has 4 saturated heterocycles.